The normalized spacial score (nSPS) is 12.1. The fourth-order valence-electron chi connectivity index (χ4n) is 2.66. The van der Waals surface area contributed by atoms with Gasteiger partial charge in [0.05, 0.1) is 0 Å². The minimum absolute atomic E-state index is 0. The molecule has 1 atom stereocenters. The van der Waals surface area contributed by atoms with E-state index in [9.17, 15) is 4.79 Å². The average molecular weight is 474 g/mol. The number of rotatable bonds is 10. The largest absolute Gasteiger partial charge is 0.356 e. The lowest BCUT2D eigenvalue weighted by Crippen LogP contribution is -2.42. The first-order valence-electron chi connectivity index (χ1n) is 9.38. The lowest BCUT2D eigenvalue weighted by Gasteiger charge is -2.18. The summed E-state index contributed by atoms with van der Waals surface area (Å²) >= 11 is 0. The van der Waals surface area contributed by atoms with Crippen LogP contribution in [0.4, 0.5) is 5.69 Å². The Kier molecular flexibility index (Phi) is 14.1. The molecule has 0 spiro atoms. The van der Waals surface area contributed by atoms with Crippen molar-refractivity contribution >= 4 is 41.5 Å². The van der Waals surface area contributed by atoms with Crippen LogP contribution in [0.2, 0.25) is 0 Å². The van der Waals surface area contributed by atoms with E-state index in [1.165, 1.54) is 44.6 Å². The van der Waals surface area contributed by atoms with Crippen molar-refractivity contribution in [3.05, 3.63) is 29.8 Å². The van der Waals surface area contributed by atoms with Crippen molar-refractivity contribution in [1.82, 2.24) is 10.6 Å². The van der Waals surface area contributed by atoms with Gasteiger partial charge in [-0.15, -0.1) is 24.0 Å². The minimum Gasteiger partial charge on any atom is -0.356 e. The molecule has 0 heterocycles. The molecule has 0 saturated carbocycles. The molecule has 0 aliphatic carbocycles. The van der Waals surface area contributed by atoms with Crippen LogP contribution in [0, 0.1) is 0 Å². The van der Waals surface area contributed by atoms with Crippen molar-refractivity contribution in [3.8, 4) is 0 Å². The zero-order valence-corrected chi connectivity index (χ0v) is 18.9. The Morgan fingerprint density at radius 2 is 1.85 bits per heavy atom. The summed E-state index contributed by atoms with van der Waals surface area (Å²) < 4.78 is 0. The number of hydrogen-bond donors (Lipinski definition) is 3. The fourth-order valence-corrected chi connectivity index (χ4v) is 2.66. The molecule has 0 saturated heterocycles. The number of aliphatic imine (C=N–C) groups is 1. The molecule has 6 heteroatoms. The molecule has 0 aliphatic heterocycles. The molecule has 26 heavy (non-hydrogen) atoms. The van der Waals surface area contributed by atoms with Gasteiger partial charge >= 0.3 is 0 Å². The second-order valence-electron chi connectivity index (χ2n) is 6.52. The number of nitrogens with one attached hydrogen (secondary N) is 3. The van der Waals surface area contributed by atoms with Crippen LogP contribution in [-0.4, -0.2) is 31.5 Å². The highest BCUT2D eigenvalue weighted by Gasteiger charge is 2.05. The van der Waals surface area contributed by atoms with Crippen LogP contribution in [0.5, 0.6) is 0 Å². The van der Waals surface area contributed by atoms with E-state index < -0.39 is 0 Å². The van der Waals surface area contributed by atoms with Gasteiger partial charge in [-0.25, -0.2) is 0 Å². The quantitative estimate of drug-likeness (QED) is 0.205. The van der Waals surface area contributed by atoms with Gasteiger partial charge in [-0.05, 0) is 37.5 Å². The first-order valence-corrected chi connectivity index (χ1v) is 9.38. The molecule has 0 aliphatic rings. The number of halogens is 1. The Hall–Kier alpha value is -1.31. The van der Waals surface area contributed by atoms with Crippen LogP contribution in [-0.2, 0) is 11.2 Å². The van der Waals surface area contributed by atoms with Crippen molar-refractivity contribution in [2.24, 2.45) is 4.99 Å². The van der Waals surface area contributed by atoms with Crippen LogP contribution in [0.15, 0.2) is 29.3 Å². The number of amides is 1. The first kappa shape index (κ1) is 24.7. The van der Waals surface area contributed by atoms with E-state index in [1.807, 2.05) is 24.3 Å². The van der Waals surface area contributed by atoms with Gasteiger partial charge in [0.2, 0.25) is 5.91 Å². The number of carbonyl (C=O) groups is 1. The zero-order valence-electron chi connectivity index (χ0n) is 16.6. The third kappa shape index (κ3) is 11.3. The highest BCUT2D eigenvalue weighted by molar-refractivity contribution is 14.0. The molecule has 0 radical (unpaired) electrons. The molecule has 148 valence electrons. The number of hydrogen-bond acceptors (Lipinski definition) is 2. The second-order valence-corrected chi connectivity index (χ2v) is 6.52. The molecule has 1 rings (SSSR count). The highest BCUT2D eigenvalue weighted by Crippen LogP contribution is 2.09. The van der Waals surface area contributed by atoms with Gasteiger partial charge in [0.25, 0.3) is 0 Å². The van der Waals surface area contributed by atoms with E-state index in [4.69, 9.17) is 0 Å². The Bertz CT molecular complexity index is 531. The molecule has 0 aromatic heterocycles. The predicted molar refractivity (Wildman–Crippen MR) is 123 cm³/mol. The third-order valence-corrected chi connectivity index (χ3v) is 4.08. The zero-order chi connectivity index (χ0) is 18.5. The van der Waals surface area contributed by atoms with Gasteiger partial charge in [0, 0.05) is 32.2 Å². The van der Waals surface area contributed by atoms with Crippen molar-refractivity contribution in [1.29, 1.82) is 0 Å². The Labute approximate surface area is 175 Å². The molecular weight excluding hydrogens is 439 g/mol. The summed E-state index contributed by atoms with van der Waals surface area (Å²) in [5.41, 5.74) is 2.06. The number of benzene rings is 1. The number of guanidine groups is 1. The van der Waals surface area contributed by atoms with Gasteiger partial charge in [-0.1, -0.05) is 44.7 Å². The van der Waals surface area contributed by atoms with Crippen LogP contribution >= 0.6 is 24.0 Å². The molecule has 3 N–H and O–H groups in total. The smallest absolute Gasteiger partial charge is 0.221 e. The van der Waals surface area contributed by atoms with E-state index in [0.29, 0.717) is 6.04 Å². The fraction of sp³-hybridized carbons (Fsp3) is 0.600. The topological polar surface area (TPSA) is 65.5 Å². The van der Waals surface area contributed by atoms with Crippen LogP contribution in [0.3, 0.4) is 0 Å². The molecule has 1 aromatic carbocycles. The summed E-state index contributed by atoms with van der Waals surface area (Å²) in [7, 11) is 1.81. The number of unbranched alkanes of at least 4 members (excludes halogenated alkanes) is 3. The predicted octanol–water partition coefficient (Wildman–Crippen LogP) is 4.33. The molecule has 1 amide bonds. The van der Waals surface area contributed by atoms with Crippen molar-refractivity contribution in [2.45, 2.75) is 65.3 Å². The summed E-state index contributed by atoms with van der Waals surface area (Å²) in [5.74, 6) is 0.811. The Morgan fingerprint density at radius 1 is 1.15 bits per heavy atom. The second kappa shape index (κ2) is 14.8. The summed E-state index contributed by atoms with van der Waals surface area (Å²) in [6.07, 6.45) is 7.25. The minimum atomic E-state index is -0.0481. The first-order chi connectivity index (χ1) is 12.0. The molecule has 0 bridgehead atoms. The van der Waals surface area contributed by atoms with E-state index in [2.05, 4.69) is 34.8 Å². The molecular formula is C20H35IN4O. The van der Waals surface area contributed by atoms with Crippen molar-refractivity contribution in [3.63, 3.8) is 0 Å². The summed E-state index contributed by atoms with van der Waals surface area (Å²) in [6, 6.07) is 8.38. The summed E-state index contributed by atoms with van der Waals surface area (Å²) in [4.78, 5) is 15.3. The van der Waals surface area contributed by atoms with Gasteiger partial charge in [-0.3, -0.25) is 9.79 Å². The molecule has 0 fully saturated rings. The molecule has 5 nitrogen and oxygen atoms in total. The van der Waals surface area contributed by atoms with Crippen molar-refractivity contribution < 1.29 is 4.79 Å². The maximum absolute atomic E-state index is 11.0. The Morgan fingerprint density at radius 3 is 2.42 bits per heavy atom. The standard InChI is InChI=1S/C20H34N4O.HI/c1-5-6-7-8-9-16(2)23-20(21-4)22-15-14-18-10-12-19(13-11-18)24-17(3)25;/h10-13,16H,5-9,14-15H2,1-4H3,(H,24,25)(H2,21,22,23);1H. The maximum Gasteiger partial charge on any atom is 0.221 e. The van der Waals surface area contributed by atoms with E-state index in [1.54, 1.807) is 7.05 Å². The van der Waals surface area contributed by atoms with Gasteiger partial charge in [0.15, 0.2) is 5.96 Å². The lowest BCUT2D eigenvalue weighted by molar-refractivity contribution is -0.114. The van der Waals surface area contributed by atoms with Gasteiger partial charge in [-0.2, -0.15) is 0 Å². The van der Waals surface area contributed by atoms with Crippen LogP contribution in [0.1, 0.15) is 58.4 Å². The number of nitrogens with zero attached hydrogens (tertiary/aromatic N) is 1. The average Bonchev–Trinajstić information content (AvgIpc) is 2.59. The van der Waals surface area contributed by atoms with Crippen LogP contribution < -0.4 is 16.0 Å². The molecule has 1 unspecified atom stereocenters. The van der Waals surface area contributed by atoms with Gasteiger partial charge in [0.1, 0.15) is 0 Å². The van der Waals surface area contributed by atoms with Crippen molar-refractivity contribution in [2.75, 3.05) is 18.9 Å². The van der Waals surface area contributed by atoms with E-state index >= 15 is 0 Å². The Balaban J connectivity index is 0.00000625. The monoisotopic (exact) mass is 474 g/mol. The van der Waals surface area contributed by atoms with Crippen LogP contribution in [0.25, 0.3) is 0 Å². The number of carbonyl (C=O) groups excluding carboxylic acids is 1. The van der Waals surface area contributed by atoms with E-state index in [-0.39, 0.29) is 29.9 Å². The maximum atomic E-state index is 11.0. The third-order valence-electron chi connectivity index (χ3n) is 4.08. The van der Waals surface area contributed by atoms with Gasteiger partial charge < -0.3 is 16.0 Å². The SMILES string of the molecule is CCCCCCC(C)NC(=NC)NCCc1ccc(NC(C)=O)cc1.I. The lowest BCUT2D eigenvalue weighted by atomic mass is 10.1. The highest BCUT2D eigenvalue weighted by atomic mass is 127. The summed E-state index contributed by atoms with van der Waals surface area (Å²) in [6.45, 7) is 6.78. The van der Waals surface area contributed by atoms with E-state index in [0.717, 1.165) is 24.6 Å². The summed E-state index contributed by atoms with van der Waals surface area (Å²) in [5, 5.41) is 9.60. The number of anilines is 1. The molecule has 1 aromatic rings.